The summed E-state index contributed by atoms with van der Waals surface area (Å²) in [6.45, 7) is 4.32. The fourth-order valence-corrected chi connectivity index (χ4v) is 4.73. The summed E-state index contributed by atoms with van der Waals surface area (Å²) in [6.07, 6.45) is 0. The van der Waals surface area contributed by atoms with E-state index in [1.807, 2.05) is 0 Å². The summed E-state index contributed by atoms with van der Waals surface area (Å²) in [4.78, 5) is 0. The third-order valence-electron chi connectivity index (χ3n) is 5.40. The van der Waals surface area contributed by atoms with Crippen LogP contribution in [0.1, 0.15) is 11.1 Å². The summed E-state index contributed by atoms with van der Waals surface area (Å²) in [7, 11) is 0. The molecule has 0 aliphatic rings. The van der Waals surface area contributed by atoms with Crippen LogP contribution >= 0.6 is 15.9 Å². The van der Waals surface area contributed by atoms with Gasteiger partial charge in [0.15, 0.2) is 0 Å². The van der Waals surface area contributed by atoms with Gasteiger partial charge in [0.1, 0.15) is 0 Å². The van der Waals surface area contributed by atoms with Crippen LogP contribution in [-0.4, -0.2) is 0 Å². The van der Waals surface area contributed by atoms with E-state index >= 15 is 0 Å². The Hall–Kier alpha value is -2.64. The summed E-state index contributed by atoms with van der Waals surface area (Å²) in [5.74, 6) is 0. The Labute approximate surface area is 167 Å². The van der Waals surface area contributed by atoms with Crippen LogP contribution in [0.5, 0.6) is 0 Å². The second-order valence-corrected chi connectivity index (χ2v) is 8.14. The first kappa shape index (κ1) is 16.5. The normalized spacial score (nSPS) is 11.5. The molecule has 130 valence electrons. The Kier molecular flexibility index (Phi) is 3.80. The van der Waals surface area contributed by atoms with Gasteiger partial charge in [-0.1, -0.05) is 83.9 Å². The second kappa shape index (κ2) is 6.21. The van der Waals surface area contributed by atoms with Crippen molar-refractivity contribution in [3.8, 4) is 11.1 Å². The monoisotopic (exact) mass is 410 g/mol. The Morgan fingerprint density at radius 2 is 1.22 bits per heavy atom. The zero-order valence-corrected chi connectivity index (χ0v) is 17.0. The summed E-state index contributed by atoms with van der Waals surface area (Å²) >= 11 is 3.89. The number of hydrogen-bond donors (Lipinski definition) is 0. The fraction of sp³-hybridized carbons (Fsp3) is 0.0769. The molecule has 5 aromatic rings. The Morgan fingerprint density at radius 1 is 0.556 bits per heavy atom. The minimum Gasteiger partial charge on any atom is -0.0616 e. The van der Waals surface area contributed by atoms with Gasteiger partial charge < -0.3 is 0 Å². The fourth-order valence-electron chi connectivity index (χ4n) is 4.06. The van der Waals surface area contributed by atoms with Gasteiger partial charge in [-0.25, -0.2) is 0 Å². The number of halogens is 1. The largest absolute Gasteiger partial charge is 0.0616 e. The van der Waals surface area contributed by atoms with Gasteiger partial charge in [-0.3, -0.25) is 0 Å². The molecular formula is C26H19Br. The van der Waals surface area contributed by atoms with Crippen molar-refractivity contribution in [2.45, 2.75) is 13.8 Å². The summed E-state index contributed by atoms with van der Waals surface area (Å²) in [6, 6.07) is 28.9. The van der Waals surface area contributed by atoms with Gasteiger partial charge in [-0.05, 0) is 79.3 Å². The molecule has 0 aliphatic carbocycles. The lowest BCUT2D eigenvalue weighted by molar-refractivity contribution is 1.49. The van der Waals surface area contributed by atoms with Crippen molar-refractivity contribution in [2.24, 2.45) is 0 Å². The maximum Gasteiger partial charge on any atom is 0.0332 e. The zero-order chi connectivity index (χ0) is 18.5. The minimum absolute atomic E-state index is 1.18. The molecule has 0 amide bonds. The van der Waals surface area contributed by atoms with E-state index < -0.39 is 0 Å². The molecule has 0 N–H and O–H groups in total. The molecule has 1 heteroatoms. The molecule has 0 fully saturated rings. The number of aryl methyl sites for hydroxylation is 2. The quantitative estimate of drug-likeness (QED) is 0.244. The van der Waals surface area contributed by atoms with Gasteiger partial charge in [0.2, 0.25) is 0 Å². The summed E-state index contributed by atoms with van der Waals surface area (Å²) < 4.78 is 1.18. The molecular weight excluding hydrogens is 392 g/mol. The van der Waals surface area contributed by atoms with Crippen LogP contribution < -0.4 is 0 Å². The lowest BCUT2D eigenvalue weighted by Crippen LogP contribution is -1.89. The molecule has 0 aromatic heterocycles. The van der Waals surface area contributed by atoms with E-state index in [1.54, 1.807) is 0 Å². The molecule has 27 heavy (non-hydrogen) atoms. The topological polar surface area (TPSA) is 0 Å². The predicted molar refractivity (Wildman–Crippen MR) is 122 cm³/mol. The van der Waals surface area contributed by atoms with Gasteiger partial charge >= 0.3 is 0 Å². The first-order valence-corrected chi connectivity index (χ1v) is 10.0. The number of fused-ring (bicyclic) bond motifs is 3. The number of benzene rings is 5. The standard InChI is InChI=1S/C26H19Br/c1-16-8-12-22-23(13-16)25(21-11-7-17(2)14-24(21)26(22)27)20-10-9-18-5-3-4-6-19(18)15-20/h3-15H,1-2H3. The highest BCUT2D eigenvalue weighted by molar-refractivity contribution is 9.10. The third-order valence-corrected chi connectivity index (χ3v) is 6.25. The highest BCUT2D eigenvalue weighted by Crippen LogP contribution is 2.42. The highest BCUT2D eigenvalue weighted by atomic mass is 79.9. The minimum atomic E-state index is 1.18. The van der Waals surface area contributed by atoms with Gasteiger partial charge in [0, 0.05) is 4.47 Å². The maximum atomic E-state index is 3.89. The SMILES string of the molecule is Cc1ccc2c(-c3ccc4ccccc4c3)c3cc(C)ccc3c(Br)c2c1. The first-order chi connectivity index (χ1) is 13.1. The van der Waals surface area contributed by atoms with Crippen molar-refractivity contribution in [3.05, 3.63) is 94.5 Å². The molecule has 0 radical (unpaired) electrons. The Bertz CT molecular complexity index is 1350. The lowest BCUT2D eigenvalue weighted by atomic mass is 9.90. The number of hydrogen-bond acceptors (Lipinski definition) is 0. The van der Waals surface area contributed by atoms with Crippen molar-refractivity contribution in [1.29, 1.82) is 0 Å². The molecule has 5 aromatic carbocycles. The second-order valence-electron chi connectivity index (χ2n) is 7.35. The maximum absolute atomic E-state index is 3.89. The van der Waals surface area contributed by atoms with E-state index in [2.05, 4.69) is 109 Å². The van der Waals surface area contributed by atoms with Crippen LogP contribution in [0.3, 0.4) is 0 Å². The van der Waals surface area contributed by atoms with Crippen LogP contribution in [0.15, 0.2) is 83.3 Å². The van der Waals surface area contributed by atoms with E-state index in [0.717, 1.165) is 0 Å². The molecule has 0 atom stereocenters. The van der Waals surface area contributed by atoms with E-state index in [0.29, 0.717) is 0 Å². The van der Waals surface area contributed by atoms with E-state index in [-0.39, 0.29) is 0 Å². The molecule has 5 rings (SSSR count). The molecule has 0 nitrogen and oxygen atoms in total. The summed E-state index contributed by atoms with van der Waals surface area (Å²) in [5.41, 5.74) is 5.14. The van der Waals surface area contributed by atoms with Crippen LogP contribution in [0, 0.1) is 13.8 Å². The first-order valence-electron chi connectivity index (χ1n) is 9.23. The Balaban J connectivity index is 1.98. The van der Waals surface area contributed by atoms with Crippen LogP contribution in [0.4, 0.5) is 0 Å². The highest BCUT2D eigenvalue weighted by Gasteiger charge is 2.14. The molecule has 0 heterocycles. The van der Waals surface area contributed by atoms with Crippen LogP contribution in [0.25, 0.3) is 43.4 Å². The van der Waals surface area contributed by atoms with Crippen molar-refractivity contribution < 1.29 is 0 Å². The van der Waals surface area contributed by atoms with Gasteiger partial charge in [-0.2, -0.15) is 0 Å². The van der Waals surface area contributed by atoms with Gasteiger partial charge in [0.25, 0.3) is 0 Å². The predicted octanol–water partition coefficient (Wildman–Crippen LogP) is 8.19. The average Bonchev–Trinajstić information content (AvgIpc) is 2.68. The molecule has 0 unspecified atom stereocenters. The van der Waals surface area contributed by atoms with E-state index in [4.69, 9.17) is 0 Å². The van der Waals surface area contributed by atoms with E-state index in [9.17, 15) is 0 Å². The van der Waals surface area contributed by atoms with Gasteiger partial charge in [-0.15, -0.1) is 0 Å². The van der Waals surface area contributed by atoms with Crippen LogP contribution in [-0.2, 0) is 0 Å². The molecule has 0 spiro atoms. The van der Waals surface area contributed by atoms with Crippen molar-refractivity contribution in [3.63, 3.8) is 0 Å². The summed E-state index contributed by atoms with van der Waals surface area (Å²) in [5, 5.41) is 7.68. The zero-order valence-electron chi connectivity index (χ0n) is 15.4. The van der Waals surface area contributed by atoms with Crippen molar-refractivity contribution >= 4 is 48.2 Å². The molecule has 0 bridgehead atoms. The third kappa shape index (κ3) is 2.65. The molecule has 0 aliphatic heterocycles. The Morgan fingerprint density at radius 3 is 2.00 bits per heavy atom. The lowest BCUT2D eigenvalue weighted by Gasteiger charge is -2.16. The van der Waals surface area contributed by atoms with Gasteiger partial charge in [0.05, 0.1) is 0 Å². The molecule has 0 saturated heterocycles. The van der Waals surface area contributed by atoms with E-state index in [1.165, 1.54) is 59.0 Å². The average molecular weight is 411 g/mol. The van der Waals surface area contributed by atoms with Crippen LogP contribution in [0.2, 0.25) is 0 Å². The van der Waals surface area contributed by atoms with Crippen molar-refractivity contribution in [2.75, 3.05) is 0 Å². The number of rotatable bonds is 1. The van der Waals surface area contributed by atoms with Crippen molar-refractivity contribution in [1.82, 2.24) is 0 Å². The molecule has 0 saturated carbocycles. The smallest absolute Gasteiger partial charge is 0.0332 e.